The maximum atomic E-state index is 13.0. The Morgan fingerprint density at radius 3 is 2.58 bits per heavy atom. The lowest BCUT2D eigenvalue weighted by Crippen LogP contribution is -2.10. The van der Waals surface area contributed by atoms with Gasteiger partial charge < -0.3 is 4.57 Å². The molecule has 0 saturated carbocycles. The van der Waals surface area contributed by atoms with Gasteiger partial charge in [-0.15, -0.1) is 0 Å². The molecule has 0 fully saturated rings. The summed E-state index contributed by atoms with van der Waals surface area (Å²) in [5.74, 6) is 0. The van der Waals surface area contributed by atoms with Crippen LogP contribution in [-0.4, -0.2) is 9.55 Å². The van der Waals surface area contributed by atoms with Crippen molar-refractivity contribution in [3.8, 4) is 6.07 Å². The van der Waals surface area contributed by atoms with E-state index in [-0.39, 0.29) is 11.6 Å². The van der Waals surface area contributed by atoms with Crippen molar-refractivity contribution in [2.24, 2.45) is 0 Å². The van der Waals surface area contributed by atoms with Crippen LogP contribution in [0.2, 0.25) is 0 Å². The number of fused-ring (bicyclic) bond motifs is 1. The number of nitriles is 1. The van der Waals surface area contributed by atoms with Gasteiger partial charge in [0.1, 0.15) is 0 Å². The predicted octanol–water partition coefficient (Wildman–Crippen LogP) is 5.57. The highest BCUT2D eigenvalue weighted by atomic mass is 19.3. The average molecular weight is 329 g/mol. The molecule has 0 spiro atoms. The Hall–Kier alpha value is -2.48. The molecule has 0 bridgehead atoms. The van der Waals surface area contributed by atoms with Crippen molar-refractivity contribution in [2.45, 2.75) is 46.6 Å². The molecule has 1 aliphatic rings. The molecule has 1 unspecified atom stereocenters. The first-order valence-corrected chi connectivity index (χ1v) is 8.06. The van der Waals surface area contributed by atoms with Gasteiger partial charge in [-0.3, -0.25) is 4.98 Å². The number of alkyl halides is 2. The molecule has 5 heteroatoms. The van der Waals surface area contributed by atoms with E-state index < -0.39 is 6.43 Å². The number of allylic oxidation sites excluding steroid dienone is 4. The molecule has 2 aromatic rings. The van der Waals surface area contributed by atoms with E-state index in [1.54, 1.807) is 6.08 Å². The molecule has 2 aromatic heterocycles. The topological polar surface area (TPSA) is 41.6 Å². The second-order valence-corrected chi connectivity index (χ2v) is 5.45. The van der Waals surface area contributed by atoms with Gasteiger partial charge >= 0.3 is 0 Å². The lowest BCUT2D eigenvalue weighted by atomic mass is 10.0. The van der Waals surface area contributed by atoms with Crippen LogP contribution in [0.25, 0.3) is 11.0 Å². The first-order chi connectivity index (χ1) is 11.5. The average Bonchev–Trinajstić information content (AvgIpc) is 2.87. The number of rotatable bonds is 2. The third kappa shape index (κ3) is 3.09. The Morgan fingerprint density at radius 1 is 1.33 bits per heavy atom. The van der Waals surface area contributed by atoms with E-state index >= 15 is 0 Å². The summed E-state index contributed by atoms with van der Waals surface area (Å²) in [7, 11) is 0. The quantitative estimate of drug-likeness (QED) is 0.723. The SMILES string of the molecule is CC.Cc1c(C)n(C2C=CC(C#N)=CC2)c2cc(C(F)F)cnc12. The minimum Gasteiger partial charge on any atom is -0.336 e. The molecule has 0 amide bonds. The largest absolute Gasteiger partial charge is 0.336 e. The third-order valence-electron chi connectivity index (χ3n) is 4.20. The second-order valence-electron chi connectivity index (χ2n) is 5.45. The van der Waals surface area contributed by atoms with Crippen LogP contribution in [0.15, 0.2) is 36.1 Å². The van der Waals surface area contributed by atoms with Gasteiger partial charge in [-0.25, -0.2) is 8.78 Å². The number of aryl methyl sites for hydroxylation is 1. The van der Waals surface area contributed by atoms with Crippen LogP contribution in [0.5, 0.6) is 0 Å². The van der Waals surface area contributed by atoms with Crippen LogP contribution in [0, 0.1) is 25.2 Å². The molecule has 0 aromatic carbocycles. The molecule has 2 heterocycles. The van der Waals surface area contributed by atoms with Crippen LogP contribution >= 0.6 is 0 Å². The maximum absolute atomic E-state index is 13.0. The normalized spacial score (nSPS) is 16.6. The van der Waals surface area contributed by atoms with E-state index in [9.17, 15) is 8.78 Å². The Bertz CT molecular complexity index is 838. The minimum atomic E-state index is -2.53. The molecule has 0 radical (unpaired) electrons. The van der Waals surface area contributed by atoms with Crippen molar-refractivity contribution >= 4 is 11.0 Å². The van der Waals surface area contributed by atoms with Crippen LogP contribution < -0.4 is 0 Å². The molecule has 0 N–H and O–H groups in total. The molecule has 24 heavy (non-hydrogen) atoms. The molecule has 0 saturated heterocycles. The number of hydrogen-bond acceptors (Lipinski definition) is 2. The fourth-order valence-corrected chi connectivity index (χ4v) is 2.90. The van der Waals surface area contributed by atoms with Crippen LogP contribution in [0.3, 0.4) is 0 Å². The molecule has 126 valence electrons. The van der Waals surface area contributed by atoms with E-state index in [2.05, 4.69) is 11.1 Å². The smallest absolute Gasteiger partial charge is 0.265 e. The molecular weight excluding hydrogens is 308 g/mol. The van der Waals surface area contributed by atoms with Crippen molar-refractivity contribution in [1.82, 2.24) is 9.55 Å². The van der Waals surface area contributed by atoms with Gasteiger partial charge in [-0.05, 0) is 38.0 Å². The summed E-state index contributed by atoms with van der Waals surface area (Å²) in [6, 6.07) is 3.65. The zero-order valence-corrected chi connectivity index (χ0v) is 14.3. The Kier molecular flexibility index (Phi) is 5.50. The number of nitrogens with zero attached hydrogens (tertiary/aromatic N) is 3. The van der Waals surface area contributed by atoms with Gasteiger partial charge in [0.05, 0.1) is 23.1 Å². The van der Waals surface area contributed by atoms with E-state index in [0.717, 1.165) is 22.3 Å². The van der Waals surface area contributed by atoms with Crippen molar-refractivity contribution in [1.29, 1.82) is 5.26 Å². The van der Waals surface area contributed by atoms with Crippen LogP contribution in [-0.2, 0) is 0 Å². The van der Waals surface area contributed by atoms with Gasteiger partial charge in [-0.1, -0.05) is 26.0 Å². The van der Waals surface area contributed by atoms with E-state index in [4.69, 9.17) is 5.26 Å². The highest BCUT2D eigenvalue weighted by Crippen LogP contribution is 2.33. The lowest BCUT2D eigenvalue weighted by molar-refractivity contribution is 0.151. The maximum Gasteiger partial charge on any atom is 0.265 e. The molecule has 3 nitrogen and oxygen atoms in total. The Morgan fingerprint density at radius 2 is 2.04 bits per heavy atom. The highest BCUT2D eigenvalue weighted by Gasteiger charge is 2.20. The molecular formula is C19H21F2N3. The zero-order chi connectivity index (χ0) is 17.9. The Balaban J connectivity index is 0.00000100. The monoisotopic (exact) mass is 329 g/mol. The first kappa shape index (κ1) is 17.9. The van der Waals surface area contributed by atoms with Gasteiger partial charge in [-0.2, -0.15) is 5.26 Å². The van der Waals surface area contributed by atoms with E-state index in [1.807, 2.05) is 44.4 Å². The molecule has 3 rings (SSSR count). The number of halogens is 2. The number of pyridine rings is 1. The van der Waals surface area contributed by atoms with Crippen LogP contribution in [0.1, 0.15) is 49.6 Å². The van der Waals surface area contributed by atoms with Crippen molar-refractivity contribution < 1.29 is 8.78 Å². The summed E-state index contributed by atoms with van der Waals surface area (Å²) < 4.78 is 28.0. The summed E-state index contributed by atoms with van der Waals surface area (Å²) in [4.78, 5) is 4.22. The standard InChI is InChI=1S/C17H15F2N3.C2H6/c1-10-11(2)22(14-5-3-12(8-20)4-6-14)15-7-13(17(18)19)9-21-16(10)15;1-2/h3-5,7,9,14,17H,6H2,1-2H3;1-2H3. The van der Waals surface area contributed by atoms with Gasteiger partial charge in [0.25, 0.3) is 6.43 Å². The van der Waals surface area contributed by atoms with Crippen molar-refractivity contribution in [2.75, 3.05) is 0 Å². The minimum absolute atomic E-state index is 0.0167. The Labute approximate surface area is 140 Å². The van der Waals surface area contributed by atoms with E-state index in [1.165, 1.54) is 12.3 Å². The summed E-state index contributed by atoms with van der Waals surface area (Å²) in [5.41, 5.74) is 4.05. The van der Waals surface area contributed by atoms with E-state index in [0.29, 0.717) is 12.0 Å². The molecule has 1 aliphatic carbocycles. The van der Waals surface area contributed by atoms with Gasteiger partial charge in [0.15, 0.2) is 0 Å². The van der Waals surface area contributed by atoms with Crippen LogP contribution in [0.4, 0.5) is 8.78 Å². The third-order valence-corrected chi connectivity index (χ3v) is 4.20. The summed E-state index contributed by atoms with van der Waals surface area (Å²) in [6.45, 7) is 7.92. The number of aromatic nitrogens is 2. The van der Waals surface area contributed by atoms with Crippen molar-refractivity contribution in [3.63, 3.8) is 0 Å². The summed E-state index contributed by atoms with van der Waals surface area (Å²) in [6.07, 6.45) is 4.97. The fourth-order valence-electron chi connectivity index (χ4n) is 2.90. The predicted molar refractivity (Wildman–Crippen MR) is 92.0 cm³/mol. The summed E-state index contributed by atoms with van der Waals surface area (Å²) >= 11 is 0. The fraction of sp³-hybridized carbons (Fsp3) is 0.368. The van der Waals surface area contributed by atoms with Gasteiger partial charge in [0, 0.05) is 23.0 Å². The zero-order valence-electron chi connectivity index (χ0n) is 14.3. The number of hydrogen-bond donors (Lipinski definition) is 0. The second kappa shape index (κ2) is 7.39. The highest BCUT2D eigenvalue weighted by molar-refractivity contribution is 5.82. The molecule has 1 atom stereocenters. The van der Waals surface area contributed by atoms with Crippen molar-refractivity contribution in [3.05, 3.63) is 52.9 Å². The summed E-state index contributed by atoms with van der Waals surface area (Å²) in [5, 5.41) is 8.91. The first-order valence-electron chi connectivity index (χ1n) is 8.06. The van der Waals surface area contributed by atoms with Gasteiger partial charge in [0.2, 0.25) is 0 Å². The molecule has 0 aliphatic heterocycles. The lowest BCUT2D eigenvalue weighted by Gasteiger charge is -2.20.